The first-order valence-corrected chi connectivity index (χ1v) is 8.43. The van der Waals surface area contributed by atoms with E-state index in [-0.39, 0.29) is 18.3 Å². The second kappa shape index (κ2) is 8.54. The van der Waals surface area contributed by atoms with E-state index in [1.54, 1.807) is 0 Å². The lowest BCUT2D eigenvalue weighted by molar-refractivity contribution is -0.117. The Morgan fingerprint density at radius 1 is 1.00 bits per heavy atom. The van der Waals surface area contributed by atoms with Gasteiger partial charge in [-0.3, -0.25) is 9.69 Å². The van der Waals surface area contributed by atoms with Crippen LogP contribution in [0, 0.1) is 0 Å². The molecule has 0 atom stereocenters. The summed E-state index contributed by atoms with van der Waals surface area (Å²) < 4.78 is 0. The van der Waals surface area contributed by atoms with Gasteiger partial charge in [0, 0.05) is 5.69 Å². The van der Waals surface area contributed by atoms with E-state index in [4.69, 9.17) is 0 Å². The van der Waals surface area contributed by atoms with Crippen LogP contribution < -0.4 is 5.32 Å². The maximum absolute atomic E-state index is 12.1. The van der Waals surface area contributed by atoms with Crippen molar-refractivity contribution in [1.82, 2.24) is 4.90 Å². The monoisotopic (exact) mass is 322 g/mol. The van der Waals surface area contributed by atoms with E-state index in [0.29, 0.717) is 6.54 Å². The molecule has 3 rings (SSSR count). The predicted molar refractivity (Wildman–Crippen MR) is 93.8 cm³/mol. The Bertz CT molecular complexity index is 462. The fourth-order valence-corrected chi connectivity index (χ4v) is 3.62. The third-order valence-corrected chi connectivity index (χ3v) is 4.84. The molecule has 1 saturated carbocycles. The normalized spacial score (nSPS) is 19.6. The van der Waals surface area contributed by atoms with E-state index in [2.05, 4.69) is 34.5 Å². The van der Waals surface area contributed by atoms with Crippen LogP contribution in [-0.2, 0) is 4.79 Å². The van der Waals surface area contributed by atoms with Crippen molar-refractivity contribution in [2.75, 3.05) is 25.0 Å². The second-order valence-electron chi connectivity index (χ2n) is 6.49. The zero-order valence-electron chi connectivity index (χ0n) is 13.2. The molecule has 22 heavy (non-hydrogen) atoms. The highest BCUT2D eigenvalue weighted by atomic mass is 35.5. The highest BCUT2D eigenvalue weighted by Gasteiger charge is 2.17. The maximum Gasteiger partial charge on any atom is 0.238 e. The molecule has 2 fully saturated rings. The molecule has 3 nitrogen and oxygen atoms in total. The van der Waals surface area contributed by atoms with Crippen LogP contribution in [0.25, 0.3) is 0 Å². The number of carbonyl (C=O) groups excluding carboxylic acids is 1. The van der Waals surface area contributed by atoms with Gasteiger partial charge in [-0.1, -0.05) is 31.4 Å². The van der Waals surface area contributed by atoms with Gasteiger partial charge >= 0.3 is 0 Å². The molecule has 1 amide bonds. The lowest BCUT2D eigenvalue weighted by Crippen LogP contribution is -2.36. The lowest BCUT2D eigenvalue weighted by atomic mass is 9.98. The van der Waals surface area contributed by atoms with Crippen LogP contribution in [0.5, 0.6) is 0 Å². The summed E-state index contributed by atoms with van der Waals surface area (Å²) >= 11 is 0. The molecule has 1 N–H and O–H groups in total. The average Bonchev–Trinajstić information content (AvgIpc) is 3.03. The van der Waals surface area contributed by atoms with Gasteiger partial charge in [0.1, 0.15) is 0 Å². The molecule has 1 aromatic carbocycles. The van der Waals surface area contributed by atoms with Crippen LogP contribution in [0.4, 0.5) is 5.69 Å². The summed E-state index contributed by atoms with van der Waals surface area (Å²) in [4.78, 5) is 14.3. The Labute approximate surface area is 139 Å². The molecule has 0 spiro atoms. The zero-order valence-corrected chi connectivity index (χ0v) is 14.0. The van der Waals surface area contributed by atoms with Crippen molar-refractivity contribution >= 4 is 24.0 Å². The number of amides is 1. The van der Waals surface area contributed by atoms with Gasteiger partial charge in [0.25, 0.3) is 0 Å². The maximum atomic E-state index is 12.1. The number of hydrogen-bond donors (Lipinski definition) is 1. The van der Waals surface area contributed by atoms with Crippen molar-refractivity contribution in [3.8, 4) is 0 Å². The van der Waals surface area contributed by atoms with E-state index < -0.39 is 0 Å². The van der Waals surface area contributed by atoms with E-state index in [1.165, 1.54) is 50.5 Å². The van der Waals surface area contributed by atoms with Crippen LogP contribution in [0.2, 0.25) is 0 Å². The fourth-order valence-electron chi connectivity index (χ4n) is 3.62. The Balaban J connectivity index is 0.00000176. The van der Waals surface area contributed by atoms with Gasteiger partial charge in [-0.15, -0.1) is 12.4 Å². The summed E-state index contributed by atoms with van der Waals surface area (Å²) in [7, 11) is 0. The molecule has 1 heterocycles. The summed E-state index contributed by atoms with van der Waals surface area (Å²) in [6, 6.07) is 8.49. The number of anilines is 1. The number of likely N-dealkylation sites (tertiary alicyclic amines) is 1. The topological polar surface area (TPSA) is 32.3 Å². The molecular formula is C18H27ClN2O. The molecule has 0 unspecified atom stereocenters. The third kappa shape index (κ3) is 4.72. The summed E-state index contributed by atoms with van der Waals surface area (Å²) in [6.45, 7) is 2.66. The molecule has 4 heteroatoms. The molecule has 122 valence electrons. The quantitative estimate of drug-likeness (QED) is 0.901. The molecule has 2 aliphatic rings. The third-order valence-electron chi connectivity index (χ3n) is 4.84. The molecule has 1 aromatic rings. The zero-order chi connectivity index (χ0) is 14.5. The number of hydrogen-bond acceptors (Lipinski definition) is 2. The van der Waals surface area contributed by atoms with Crippen molar-refractivity contribution in [1.29, 1.82) is 0 Å². The Morgan fingerprint density at radius 3 is 2.27 bits per heavy atom. The van der Waals surface area contributed by atoms with Gasteiger partial charge in [-0.2, -0.15) is 0 Å². The average molecular weight is 323 g/mol. The fraction of sp³-hybridized carbons (Fsp3) is 0.611. The van der Waals surface area contributed by atoms with Crippen LogP contribution in [0.15, 0.2) is 24.3 Å². The molecule has 0 bridgehead atoms. The van der Waals surface area contributed by atoms with Gasteiger partial charge in [0.05, 0.1) is 6.54 Å². The molecule has 1 aliphatic heterocycles. The lowest BCUT2D eigenvalue weighted by Gasteiger charge is -2.25. The van der Waals surface area contributed by atoms with E-state index in [1.807, 2.05) is 0 Å². The van der Waals surface area contributed by atoms with Crippen molar-refractivity contribution < 1.29 is 4.79 Å². The van der Waals surface area contributed by atoms with Crippen molar-refractivity contribution in [3.05, 3.63) is 29.8 Å². The largest absolute Gasteiger partial charge is 0.325 e. The number of carbonyl (C=O) groups is 1. The Morgan fingerprint density at radius 2 is 1.64 bits per heavy atom. The van der Waals surface area contributed by atoms with Crippen LogP contribution in [0.3, 0.4) is 0 Å². The Kier molecular flexibility index (Phi) is 6.71. The van der Waals surface area contributed by atoms with Gasteiger partial charge < -0.3 is 5.32 Å². The second-order valence-corrected chi connectivity index (χ2v) is 6.49. The van der Waals surface area contributed by atoms with Gasteiger partial charge in [-0.05, 0) is 62.4 Å². The summed E-state index contributed by atoms with van der Waals surface area (Å²) in [5, 5.41) is 3.03. The van der Waals surface area contributed by atoms with E-state index in [0.717, 1.165) is 24.7 Å². The number of nitrogens with one attached hydrogen (secondary N) is 1. The molecule has 0 aromatic heterocycles. The molecule has 1 saturated heterocycles. The number of benzene rings is 1. The minimum absolute atomic E-state index is 0. The highest BCUT2D eigenvalue weighted by molar-refractivity contribution is 5.92. The van der Waals surface area contributed by atoms with Gasteiger partial charge in [0.15, 0.2) is 0 Å². The van der Waals surface area contributed by atoms with Gasteiger partial charge in [0.2, 0.25) is 5.91 Å². The first kappa shape index (κ1) is 17.3. The smallest absolute Gasteiger partial charge is 0.238 e. The van der Waals surface area contributed by atoms with Crippen LogP contribution in [-0.4, -0.2) is 30.4 Å². The number of rotatable bonds is 4. The van der Waals surface area contributed by atoms with E-state index >= 15 is 0 Å². The van der Waals surface area contributed by atoms with Crippen molar-refractivity contribution in [3.63, 3.8) is 0 Å². The minimum atomic E-state index is 0. The Hall–Kier alpha value is -1.06. The first-order valence-electron chi connectivity index (χ1n) is 8.43. The predicted octanol–water partition coefficient (Wildman–Crippen LogP) is 4.19. The number of piperidine rings is 1. The molecular weight excluding hydrogens is 296 g/mol. The standard InChI is InChI=1S/C18H26N2O.ClH/c21-18(14-20-12-4-1-5-13-20)19-17-10-8-16(9-11-17)15-6-2-3-7-15;/h8-11,15H,1-7,12-14H2,(H,19,21);1H. The highest BCUT2D eigenvalue weighted by Crippen LogP contribution is 2.34. The summed E-state index contributed by atoms with van der Waals surface area (Å²) in [6.07, 6.45) is 9.12. The first-order chi connectivity index (χ1) is 10.3. The SMILES string of the molecule is Cl.O=C(CN1CCCCC1)Nc1ccc(C2CCCC2)cc1. The van der Waals surface area contributed by atoms with Crippen LogP contribution in [0.1, 0.15) is 56.4 Å². The summed E-state index contributed by atoms with van der Waals surface area (Å²) in [5.41, 5.74) is 2.36. The van der Waals surface area contributed by atoms with Gasteiger partial charge in [-0.25, -0.2) is 0 Å². The number of halogens is 1. The van der Waals surface area contributed by atoms with Crippen molar-refractivity contribution in [2.24, 2.45) is 0 Å². The van der Waals surface area contributed by atoms with Crippen LogP contribution >= 0.6 is 12.4 Å². The molecule has 1 aliphatic carbocycles. The van der Waals surface area contributed by atoms with E-state index in [9.17, 15) is 4.79 Å². The number of nitrogens with zero attached hydrogens (tertiary/aromatic N) is 1. The summed E-state index contributed by atoms with van der Waals surface area (Å²) in [5.74, 6) is 0.855. The molecule has 0 radical (unpaired) electrons. The van der Waals surface area contributed by atoms with Crippen molar-refractivity contribution in [2.45, 2.75) is 50.9 Å². The minimum Gasteiger partial charge on any atom is -0.325 e.